The summed E-state index contributed by atoms with van der Waals surface area (Å²) in [5.74, 6) is 0.468. The fourth-order valence-electron chi connectivity index (χ4n) is 1.75. The van der Waals surface area contributed by atoms with Crippen molar-refractivity contribution in [1.29, 1.82) is 0 Å². The molecule has 0 aromatic rings. The molecule has 0 aliphatic carbocycles. The molecule has 2 unspecified atom stereocenters. The van der Waals surface area contributed by atoms with Crippen LogP contribution in [0, 0.1) is 11.3 Å². The molecule has 2 nitrogen and oxygen atoms in total. The lowest BCUT2D eigenvalue weighted by atomic mass is 9.79. The van der Waals surface area contributed by atoms with E-state index in [2.05, 4.69) is 27.7 Å². The molecule has 80 valence electrons. The van der Waals surface area contributed by atoms with Crippen molar-refractivity contribution in [3.05, 3.63) is 0 Å². The average molecular weight is 187 g/mol. The SMILES string of the molecule is CCC(N)C(CCO)CC(C)(C)C. The van der Waals surface area contributed by atoms with Crippen molar-refractivity contribution in [3.8, 4) is 0 Å². The van der Waals surface area contributed by atoms with Gasteiger partial charge in [0.15, 0.2) is 0 Å². The van der Waals surface area contributed by atoms with Crippen molar-refractivity contribution in [3.63, 3.8) is 0 Å². The van der Waals surface area contributed by atoms with E-state index in [0.717, 1.165) is 19.3 Å². The summed E-state index contributed by atoms with van der Waals surface area (Å²) in [7, 11) is 0. The molecule has 3 N–H and O–H groups in total. The quantitative estimate of drug-likeness (QED) is 0.693. The number of rotatable bonds is 5. The van der Waals surface area contributed by atoms with Gasteiger partial charge >= 0.3 is 0 Å². The first-order valence-electron chi connectivity index (χ1n) is 5.27. The van der Waals surface area contributed by atoms with Crippen molar-refractivity contribution in [2.45, 2.75) is 53.0 Å². The van der Waals surface area contributed by atoms with Crippen molar-refractivity contribution >= 4 is 0 Å². The van der Waals surface area contributed by atoms with E-state index in [4.69, 9.17) is 10.8 Å². The molecule has 2 heteroatoms. The van der Waals surface area contributed by atoms with Gasteiger partial charge in [0, 0.05) is 12.6 Å². The Balaban J connectivity index is 4.09. The van der Waals surface area contributed by atoms with Gasteiger partial charge in [-0.25, -0.2) is 0 Å². The molecule has 0 amide bonds. The van der Waals surface area contributed by atoms with Crippen LogP contribution in [0.5, 0.6) is 0 Å². The molecule has 0 saturated heterocycles. The molecule has 0 aliphatic rings. The lowest BCUT2D eigenvalue weighted by Gasteiger charge is -2.29. The van der Waals surface area contributed by atoms with Crippen LogP contribution in [-0.4, -0.2) is 17.8 Å². The van der Waals surface area contributed by atoms with Crippen molar-refractivity contribution in [1.82, 2.24) is 0 Å². The van der Waals surface area contributed by atoms with E-state index in [-0.39, 0.29) is 12.6 Å². The maximum absolute atomic E-state index is 8.92. The first-order valence-corrected chi connectivity index (χ1v) is 5.27. The summed E-state index contributed by atoms with van der Waals surface area (Å²) >= 11 is 0. The van der Waals surface area contributed by atoms with E-state index in [1.807, 2.05) is 0 Å². The van der Waals surface area contributed by atoms with Crippen molar-refractivity contribution in [2.24, 2.45) is 17.1 Å². The Morgan fingerprint density at radius 3 is 2.15 bits per heavy atom. The van der Waals surface area contributed by atoms with Gasteiger partial charge in [-0.1, -0.05) is 27.7 Å². The maximum atomic E-state index is 8.92. The number of hydrogen-bond acceptors (Lipinski definition) is 2. The summed E-state index contributed by atoms with van der Waals surface area (Å²) in [6, 6.07) is 0.242. The largest absolute Gasteiger partial charge is 0.396 e. The third-order valence-electron chi connectivity index (χ3n) is 2.45. The van der Waals surface area contributed by atoms with Crippen LogP contribution in [-0.2, 0) is 0 Å². The van der Waals surface area contributed by atoms with E-state index >= 15 is 0 Å². The Morgan fingerprint density at radius 1 is 1.31 bits per heavy atom. The summed E-state index contributed by atoms with van der Waals surface area (Å²) in [5, 5.41) is 8.92. The molecular weight excluding hydrogens is 162 g/mol. The second-order valence-electron chi connectivity index (χ2n) is 5.11. The topological polar surface area (TPSA) is 46.2 Å². The van der Waals surface area contributed by atoms with Gasteiger partial charge in [-0.05, 0) is 30.6 Å². The fourth-order valence-corrected chi connectivity index (χ4v) is 1.75. The van der Waals surface area contributed by atoms with Gasteiger partial charge in [-0.15, -0.1) is 0 Å². The van der Waals surface area contributed by atoms with Gasteiger partial charge in [0.1, 0.15) is 0 Å². The molecule has 0 heterocycles. The number of aliphatic hydroxyl groups excluding tert-OH is 1. The minimum Gasteiger partial charge on any atom is -0.396 e. The maximum Gasteiger partial charge on any atom is 0.0434 e. The Labute approximate surface area is 82.5 Å². The predicted molar refractivity (Wildman–Crippen MR) is 57.5 cm³/mol. The summed E-state index contributed by atoms with van der Waals surface area (Å²) in [5.41, 5.74) is 6.31. The Morgan fingerprint density at radius 2 is 1.85 bits per heavy atom. The molecule has 0 spiro atoms. The van der Waals surface area contributed by atoms with Crippen LogP contribution in [0.3, 0.4) is 0 Å². The van der Waals surface area contributed by atoms with Crippen LogP contribution in [0.25, 0.3) is 0 Å². The number of aliphatic hydroxyl groups is 1. The highest BCUT2D eigenvalue weighted by atomic mass is 16.3. The number of nitrogens with two attached hydrogens (primary N) is 1. The first-order chi connectivity index (χ1) is 5.90. The zero-order valence-electron chi connectivity index (χ0n) is 9.51. The van der Waals surface area contributed by atoms with Gasteiger partial charge < -0.3 is 10.8 Å². The first kappa shape index (κ1) is 12.9. The van der Waals surface area contributed by atoms with Gasteiger partial charge in [0.05, 0.1) is 0 Å². The van der Waals surface area contributed by atoms with Crippen molar-refractivity contribution in [2.75, 3.05) is 6.61 Å². The molecule has 0 saturated carbocycles. The smallest absolute Gasteiger partial charge is 0.0434 e. The molecule has 0 aliphatic heterocycles. The molecule has 0 radical (unpaired) electrons. The molecule has 0 bridgehead atoms. The van der Waals surface area contributed by atoms with Crippen LogP contribution >= 0.6 is 0 Å². The van der Waals surface area contributed by atoms with Crippen molar-refractivity contribution < 1.29 is 5.11 Å². The average Bonchev–Trinajstić information content (AvgIpc) is 2.00. The van der Waals surface area contributed by atoms with Gasteiger partial charge in [0.2, 0.25) is 0 Å². The van der Waals surface area contributed by atoms with E-state index in [1.165, 1.54) is 0 Å². The summed E-state index contributed by atoms with van der Waals surface area (Å²) in [6.45, 7) is 9.03. The zero-order chi connectivity index (χ0) is 10.5. The molecule has 0 fully saturated rings. The van der Waals surface area contributed by atoms with E-state index in [1.54, 1.807) is 0 Å². The molecule has 0 aromatic heterocycles. The second-order valence-corrected chi connectivity index (χ2v) is 5.11. The predicted octanol–water partition coefficient (Wildman–Crippen LogP) is 2.16. The normalized spacial score (nSPS) is 17.1. The highest BCUT2D eigenvalue weighted by Gasteiger charge is 2.22. The monoisotopic (exact) mass is 187 g/mol. The fraction of sp³-hybridized carbons (Fsp3) is 1.00. The molecule has 2 atom stereocenters. The second kappa shape index (κ2) is 5.61. The van der Waals surface area contributed by atoms with Crippen LogP contribution in [0.15, 0.2) is 0 Å². The Hall–Kier alpha value is -0.0800. The van der Waals surface area contributed by atoms with Gasteiger partial charge in [-0.2, -0.15) is 0 Å². The molecular formula is C11H25NO. The van der Waals surface area contributed by atoms with Crippen LogP contribution < -0.4 is 5.73 Å². The summed E-state index contributed by atoms with van der Waals surface area (Å²) < 4.78 is 0. The summed E-state index contributed by atoms with van der Waals surface area (Å²) in [4.78, 5) is 0. The highest BCUT2D eigenvalue weighted by Crippen LogP contribution is 2.28. The van der Waals surface area contributed by atoms with Crippen LogP contribution in [0.1, 0.15) is 47.0 Å². The summed E-state index contributed by atoms with van der Waals surface area (Å²) in [6.07, 6.45) is 2.94. The minimum atomic E-state index is 0.242. The Bertz CT molecular complexity index is 129. The van der Waals surface area contributed by atoms with E-state index in [0.29, 0.717) is 11.3 Å². The minimum absolute atomic E-state index is 0.242. The van der Waals surface area contributed by atoms with Crippen LogP contribution in [0.4, 0.5) is 0 Å². The Kier molecular flexibility index (Phi) is 5.57. The van der Waals surface area contributed by atoms with Gasteiger partial charge in [0.25, 0.3) is 0 Å². The molecule has 13 heavy (non-hydrogen) atoms. The number of hydrogen-bond donors (Lipinski definition) is 2. The molecule has 0 aromatic carbocycles. The molecule has 0 rings (SSSR count). The third-order valence-corrected chi connectivity index (χ3v) is 2.45. The standard InChI is InChI=1S/C11H25NO/c1-5-10(12)9(6-7-13)8-11(2,3)4/h9-10,13H,5-8,12H2,1-4H3. The highest BCUT2D eigenvalue weighted by molar-refractivity contribution is 4.76. The van der Waals surface area contributed by atoms with Gasteiger partial charge in [-0.3, -0.25) is 0 Å². The third kappa shape index (κ3) is 6.05. The lowest BCUT2D eigenvalue weighted by molar-refractivity contribution is 0.195. The van der Waals surface area contributed by atoms with E-state index < -0.39 is 0 Å². The lowest BCUT2D eigenvalue weighted by Crippen LogP contribution is -2.32. The van der Waals surface area contributed by atoms with Crippen LogP contribution in [0.2, 0.25) is 0 Å². The van der Waals surface area contributed by atoms with E-state index in [9.17, 15) is 0 Å². The zero-order valence-corrected chi connectivity index (χ0v) is 9.51.